The SMILES string of the molecule is CCOC(=O)c1c(NC(=O)c2ccc(S(=O)(=O)N3CCC(C)CC3)cc2)sc2c1CCN(C(C)C)C2. The number of piperidine rings is 1. The average molecular weight is 534 g/mol. The first-order valence-corrected chi connectivity index (χ1v) is 14.8. The Morgan fingerprint density at radius 1 is 1.14 bits per heavy atom. The van der Waals surface area contributed by atoms with Gasteiger partial charge in [0.05, 0.1) is 17.1 Å². The number of benzene rings is 1. The van der Waals surface area contributed by atoms with E-state index in [1.807, 2.05) is 0 Å². The van der Waals surface area contributed by atoms with Crippen molar-refractivity contribution in [2.75, 3.05) is 31.6 Å². The van der Waals surface area contributed by atoms with Gasteiger partial charge in [0.15, 0.2) is 0 Å². The molecule has 0 bridgehead atoms. The Bertz CT molecular complexity index is 1210. The Hall–Kier alpha value is -2.27. The van der Waals surface area contributed by atoms with Crippen LogP contribution in [0.2, 0.25) is 0 Å². The van der Waals surface area contributed by atoms with E-state index in [9.17, 15) is 18.0 Å². The lowest BCUT2D eigenvalue weighted by Crippen LogP contribution is -2.37. The van der Waals surface area contributed by atoms with Gasteiger partial charge >= 0.3 is 5.97 Å². The van der Waals surface area contributed by atoms with Crippen molar-refractivity contribution in [2.24, 2.45) is 5.92 Å². The van der Waals surface area contributed by atoms with E-state index in [1.165, 1.54) is 39.9 Å². The van der Waals surface area contributed by atoms with Crippen molar-refractivity contribution in [3.05, 3.63) is 45.8 Å². The van der Waals surface area contributed by atoms with Gasteiger partial charge in [0.2, 0.25) is 10.0 Å². The highest BCUT2D eigenvalue weighted by Crippen LogP contribution is 2.38. The number of hydrogen-bond acceptors (Lipinski definition) is 7. The topological polar surface area (TPSA) is 96.0 Å². The highest BCUT2D eigenvalue weighted by molar-refractivity contribution is 7.89. The number of esters is 1. The number of nitrogens with one attached hydrogen (secondary N) is 1. The largest absolute Gasteiger partial charge is 0.462 e. The molecule has 1 saturated heterocycles. The van der Waals surface area contributed by atoms with Crippen LogP contribution < -0.4 is 5.32 Å². The zero-order valence-electron chi connectivity index (χ0n) is 21.4. The fourth-order valence-corrected chi connectivity index (χ4v) is 7.43. The molecule has 196 valence electrons. The number of carbonyl (C=O) groups is 2. The second-order valence-corrected chi connectivity index (χ2v) is 12.9. The molecular weight excluding hydrogens is 498 g/mol. The summed E-state index contributed by atoms with van der Waals surface area (Å²) >= 11 is 1.41. The fraction of sp³-hybridized carbons (Fsp3) is 0.538. The van der Waals surface area contributed by atoms with Crippen LogP contribution in [0.3, 0.4) is 0 Å². The first-order valence-electron chi connectivity index (χ1n) is 12.6. The second-order valence-electron chi connectivity index (χ2n) is 9.81. The van der Waals surface area contributed by atoms with Gasteiger partial charge in [-0.05, 0) is 75.8 Å². The number of anilines is 1. The molecule has 0 aliphatic carbocycles. The summed E-state index contributed by atoms with van der Waals surface area (Å²) < 4.78 is 32.8. The van der Waals surface area contributed by atoms with E-state index in [4.69, 9.17) is 4.74 Å². The molecule has 0 unspecified atom stereocenters. The van der Waals surface area contributed by atoms with Gasteiger partial charge in [0.25, 0.3) is 5.91 Å². The van der Waals surface area contributed by atoms with Gasteiger partial charge in [-0.25, -0.2) is 13.2 Å². The van der Waals surface area contributed by atoms with Crippen molar-refractivity contribution in [3.8, 4) is 0 Å². The standard InChI is InChI=1S/C26H35N3O5S2/c1-5-34-26(31)23-21-12-13-28(17(2)3)16-22(21)35-25(23)27-24(30)19-6-8-20(9-7-19)36(32,33)29-14-10-18(4)11-15-29/h6-9,17-18H,5,10-16H2,1-4H3,(H,27,30). The van der Waals surface area contributed by atoms with E-state index in [0.29, 0.717) is 41.2 Å². The summed E-state index contributed by atoms with van der Waals surface area (Å²) in [7, 11) is -3.59. The number of carbonyl (C=O) groups excluding carboxylic acids is 2. The number of rotatable bonds is 7. The van der Waals surface area contributed by atoms with E-state index in [1.54, 1.807) is 6.92 Å². The molecule has 0 radical (unpaired) electrons. The average Bonchev–Trinajstić information content (AvgIpc) is 3.21. The minimum Gasteiger partial charge on any atom is -0.462 e. The lowest BCUT2D eigenvalue weighted by molar-refractivity contribution is 0.0526. The van der Waals surface area contributed by atoms with Crippen LogP contribution in [0, 0.1) is 5.92 Å². The van der Waals surface area contributed by atoms with Crippen molar-refractivity contribution in [3.63, 3.8) is 0 Å². The van der Waals surface area contributed by atoms with E-state index in [2.05, 4.69) is 31.0 Å². The molecule has 2 aliphatic heterocycles. The van der Waals surface area contributed by atoms with Gasteiger partial charge < -0.3 is 10.1 Å². The van der Waals surface area contributed by atoms with Crippen LogP contribution in [0.5, 0.6) is 0 Å². The van der Waals surface area contributed by atoms with Crippen LogP contribution in [-0.2, 0) is 27.7 Å². The summed E-state index contributed by atoms with van der Waals surface area (Å²) in [6, 6.07) is 6.38. The number of sulfonamides is 1. The van der Waals surface area contributed by atoms with Crippen molar-refractivity contribution in [1.82, 2.24) is 9.21 Å². The predicted molar refractivity (Wildman–Crippen MR) is 141 cm³/mol. The third kappa shape index (κ3) is 5.51. The summed E-state index contributed by atoms with van der Waals surface area (Å²) in [5.74, 6) is -0.297. The van der Waals surface area contributed by atoms with Crippen molar-refractivity contribution < 1.29 is 22.7 Å². The summed E-state index contributed by atoms with van der Waals surface area (Å²) in [6.45, 7) is 11.0. The normalized spacial score (nSPS) is 17.7. The van der Waals surface area contributed by atoms with Gasteiger partial charge in [0.1, 0.15) is 5.00 Å². The lowest BCUT2D eigenvalue weighted by atomic mass is 10.0. The van der Waals surface area contributed by atoms with Crippen LogP contribution in [0.4, 0.5) is 5.00 Å². The van der Waals surface area contributed by atoms with Gasteiger partial charge in [-0.2, -0.15) is 4.31 Å². The molecule has 2 aromatic rings. The highest BCUT2D eigenvalue weighted by atomic mass is 32.2. The zero-order chi connectivity index (χ0) is 26.0. The van der Waals surface area contributed by atoms with Crippen molar-refractivity contribution >= 4 is 38.2 Å². The minimum absolute atomic E-state index is 0.182. The third-order valence-corrected chi connectivity index (χ3v) is 10.1. The Morgan fingerprint density at radius 3 is 2.42 bits per heavy atom. The molecule has 1 amide bonds. The van der Waals surface area contributed by atoms with E-state index >= 15 is 0 Å². The van der Waals surface area contributed by atoms with Gasteiger partial charge in [-0.1, -0.05) is 6.92 Å². The van der Waals surface area contributed by atoms with Crippen LogP contribution in [0.25, 0.3) is 0 Å². The molecule has 3 heterocycles. The smallest absolute Gasteiger partial charge is 0.341 e. The molecule has 1 N–H and O–H groups in total. The van der Waals surface area contributed by atoms with Crippen LogP contribution in [0.15, 0.2) is 29.2 Å². The Labute approximate surface area is 217 Å². The quantitative estimate of drug-likeness (QED) is 0.531. The third-order valence-electron chi connectivity index (χ3n) is 7.02. The van der Waals surface area contributed by atoms with E-state index < -0.39 is 21.9 Å². The van der Waals surface area contributed by atoms with Crippen LogP contribution >= 0.6 is 11.3 Å². The Morgan fingerprint density at radius 2 is 1.81 bits per heavy atom. The summed E-state index contributed by atoms with van der Waals surface area (Å²) in [4.78, 5) is 29.5. The van der Waals surface area contributed by atoms with E-state index in [0.717, 1.165) is 42.8 Å². The first-order chi connectivity index (χ1) is 17.1. The highest BCUT2D eigenvalue weighted by Gasteiger charge is 2.31. The number of hydrogen-bond donors (Lipinski definition) is 1. The van der Waals surface area contributed by atoms with E-state index in [-0.39, 0.29) is 11.5 Å². The maximum Gasteiger partial charge on any atom is 0.341 e. The maximum atomic E-state index is 13.1. The Kier molecular flexibility index (Phi) is 8.18. The Balaban J connectivity index is 1.54. The van der Waals surface area contributed by atoms with Gasteiger partial charge in [-0.15, -0.1) is 11.3 Å². The number of amides is 1. The molecule has 10 heteroatoms. The predicted octanol–water partition coefficient (Wildman–Crippen LogP) is 4.36. The minimum atomic E-state index is -3.59. The van der Waals surface area contributed by atoms with Gasteiger partial charge in [-0.3, -0.25) is 9.69 Å². The number of ether oxygens (including phenoxy) is 1. The maximum absolute atomic E-state index is 13.1. The first kappa shape index (κ1) is 26.8. The fourth-order valence-electron chi connectivity index (χ4n) is 4.70. The summed E-state index contributed by atoms with van der Waals surface area (Å²) in [6.07, 6.45) is 2.42. The number of fused-ring (bicyclic) bond motifs is 1. The molecule has 1 fully saturated rings. The summed E-state index contributed by atoms with van der Waals surface area (Å²) in [5, 5.41) is 3.37. The monoisotopic (exact) mass is 533 g/mol. The molecular formula is C26H35N3O5S2. The number of thiophene rings is 1. The number of nitrogens with zero attached hydrogens (tertiary/aromatic N) is 2. The molecule has 2 aliphatic rings. The lowest BCUT2D eigenvalue weighted by Gasteiger charge is -2.30. The molecule has 4 rings (SSSR count). The molecule has 0 saturated carbocycles. The van der Waals surface area contributed by atoms with Crippen molar-refractivity contribution in [2.45, 2.75) is 64.4 Å². The van der Waals surface area contributed by atoms with Crippen molar-refractivity contribution in [1.29, 1.82) is 0 Å². The molecule has 8 nitrogen and oxygen atoms in total. The molecule has 1 aromatic heterocycles. The molecule has 0 spiro atoms. The van der Waals surface area contributed by atoms with Crippen LogP contribution in [-0.4, -0.2) is 61.8 Å². The molecule has 36 heavy (non-hydrogen) atoms. The molecule has 0 atom stereocenters. The summed E-state index contributed by atoms with van der Waals surface area (Å²) in [5.41, 5.74) is 1.71. The second kappa shape index (κ2) is 11.0. The van der Waals surface area contributed by atoms with Crippen LogP contribution in [0.1, 0.15) is 71.7 Å². The molecule has 1 aromatic carbocycles. The zero-order valence-corrected chi connectivity index (χ0v) is 23.0. The van der Waals surface area contributed by atoms with Gasteiger partial charge in [0, 0.05) is 42.7 Å².